The molecule has 0 unspecified atom stereocenters. The number of aryl methyl sites for hydroxylation is 1. The molecule has 1 aliphatic heterocycles. The summed E-state index contributed by atoms with van der Waals surface area (Å²) >= 11 is 0. The van der Waals surface area contributed by atoms with Crippen molar-refractivity contribution in [2.24, 2.45) is 0 Å². The van der Waals surface area contributed by atoms with Crippen molar-refractivity contribution < 1.29 is 14.4 Å². The van der Waals surface area contributed by atoms with Gasteiger partial charge in [-0.3, -0.25) is 4.90 Å². The van der Waals surface area contributed by atoms with Crippen LogP contribution in [0.1, 0.15) is 41.6 Å². The first-order chi connectivity index (χ1) is 10.2. The van der Waals surface area contributed by atoms with Gasteiger partial charge in [-0.1, -0.05) is 17.3 Å². The zero-order valence-electron chi connectivity index (χ0n) is 11.6. The standard InChI is InChI=1S/C12H16N6O3/c1-2-3-11-13-10(15-21-11)7-17-4-8(5-17)18-6-9(12(19)20)14-16-18/h6,8H,2-5,7H2,1H3,(H,19,20). The van der Waals surface area contributed by atoms with Gasteiger partial charge in [0.05, 0.1) is 18.8 Å². The largest absolute Gasteiger partial charge is 0.476 e. The average molecular weight is 292 g/mol. The van der Waals surface area contributed by atoms with Crippen molar-refractivity contribution in [3.05, 3.63) is 23.6 Å². The molecule has 1 aliphatic rings. The number of aromatic nitrogens is 5. The number of likely N-dealkylation sites (tertiary alicyclic amines) is 1. The van der Waals surface area contributed by atoms with Gasteiger partial charge in [0.15, 0.2) is 11.5 Å². The summed E-state index contributed by atoms with van der Waals surface area (Å²) in [5.41, 5.74) is -0.0316. The lowest BCUT2D eigenvalue weighted by Gasteiger charge is -2.37. The Morgan fingerprint density at radius 1 is 1.52 bits per heavy atom. The molecule has 0 aromatic carbocycles. The van der Waals surface area contributed by atoms with Crippen LogP contribution in [0.4, 0.5) is 0 Å². The molecule has 0 bridgehead atoms. The highest BCUT2D eigenvalue weighted by atomic mass is 16.5. The first kappa shape index (κ1) is 13.7. The topological polar surface area (TPSA) is 110 Å². The molecule has 0 spiro atoms. The molecule has 1 fully saturated rings. The van der Waals surface area contributed by atoms with Gasteiger partial charge in [-0.2, -0.15) is 4.98 Å². The van der Waals surface area contributed by atoms with Crippen molar-refractivity contribution in [1.82, 2.24) is 30.0 Å². The van der Waals surface area contributed by atoms with Crippen LogP contribution >= 0.6 is 0 Å². The molecule has 1 saturated heterocycles. The van der Waals surface area contributed by atoms with E-state index < -0.39 is 5.97 Å². The molecule has 9 nitrogen and oxygen atoms in total. The SMILES string of the molecule is CCCc1nc(CN2CC(n3cc(C(=O)O)nn3)C2)no1. The second-order valence-electron chi connectivity index (χ2n) is 5.09. The smallest absolute Gasteiger partial charge is 0.358 e. The molecular weight excluding hydrogens is 276 g/mol. The van der Waals surface area contributed by atoms with Crippen molar-refractivity contribution >= 4 is 5.97 Å². The van der Waals surface area contributed by atoms with Crippen LogP contribution in [0.3, 0.4) is 0 Å². The van der Waals surface area contributed by atoms with Gasteiger partial charge >= 0.3 is 5.97 Å². The molecule has 0 saturated carbocycles. The minimum absolute atomic E-state index is 0.0316. The van der Waals surface area contributed by atoms with Crippen molar-refractivity contribution in [2.75, 3.05) is 13.1 Å². The first-order valence-electron chi connectivity index (χ1n) is 6.84. The summed E-state index contributed by atoms with van der Waals surface area (Å²) in [7, 11) is 0. The number of carboxylic acid groups (broad SMARTS) is 1. The quantitative estimate of drug-likeness (QED) is 0.813. The van der Waals surface area contributed by atoms with Gasteiger partial charge < -0.3 is 9.63 Å². The second kappa shape index (κ2) is 5.60. The number of hydrogen-bond donors (Lipinski definition) is 1. The molecule has 1 N–H and O–H groups in total. The highest BCUT2D eigenvalue weighted by molar-refractivity contribution is 5.84. The molecule has 21 heavy (non-hydrogen) atoms. The molecule has 3 rings (SSSR count). The number of aromatic carboxylic acids is 1. The summed E-state index contributed by atoms with van der Waals surface area (Å²) in [6.45, 7) is 4.22. The number of nitrogens with zero attached hydrogens (tertiary/aromatic N) is 6. The van der Waals surface area contributed by atoms with Gasteiger partial charge in [-0.05, 0) is 6.42 Å². The Balaban J connectivity index is 1.51. The third-order valence-electron chi connectivity index (χ3n) is 3.38. The highest BCUT2D eigenvalue weighted by Gasteiger charge is 2.30. The van der Waals surface area contributed by atoms with E-state index in [4.69, 9.17) is 9.63 Å². The fourth-order valence-electron chi connectivity index (χ4n) is 2.26. The van der Waals surface area contributed by atoms with Crippen molar-refractivity contribution in [2.45, 2.75) is 32.4 Å². The highest BCUT2D eigenvalue weighted by Crippen LogP contribution is 2.21. The third kappa shape index (κ3) is 2.92. The number of carbonyl (C=O) groups is 1. The molecule has 0 aliphatic carbocycles. The normalized spacial score (nSPS) is 16.0. The Hall–Kier alpha value is -2.29. The number of carboxylic acids is 1. The van der Waals surface area contributed by atoms with E-state index in [9.17, 15) is 4.79 Å². The summed E-state index contributed by atoms with van der Waals surface area (Å²) in [6.07, 6.45) is 3.23. The average Bonchev–Trinajstić information content (AvgIpc) is 3.02. The van der Waals surface area contributed by atoms with E-state index in [0.717, 1.165) is 25.9 Å². The van der Waals surface area contributed by atoms with E-state index in [1.165, 1.54) is 6.20 Å². The maximum Gasteiger partial charge on any atom is 0.358 e. The fourth-order valence-corrected chi connectivity index (χ4v) is 2.26. The van der Waals surface area contributed by atoms with Gasteiger partial charge in [0, 0.05) is 19.5 Å². The van der Waals surface area contributed by atoms with Crippen molar-refractivity contribution in [3.63, 3.8) is 0 Å². The molecule has 2 aromatic heterocycles. The molecule has 0 amide bonds. The second-order valence-corrected chi connectivity index (χ2v) is 5.09. The van der Waals surface area contributed by atoms with Crippen LogP contribution in [0.15, 0.2) is 10.7 Å². The lowest BCUT2D eigenvalue weighted by Crippen LogP contribution is -2.47. The molecule has 2 aromatic rings. The zero-order valence-corrected chi connectivity index (χ0v) is 11.6. The molecule has 0 atom stereocenters. The van der Waals surface area contributed by atoms with Crippen LogP contribution in [0.2, 0.25) is 0 Å². The molecule has 112 valence electrons. The fraction of sp³-hybridized carbons (Fsp3) is 0.583. The van der Waals surface area contributed by atoms with E-state index in [-0.39, 0.29) is 11.7 Å². The van der Waals surface area contributed by atoms with E-state index in [1.807, 2.05) is 0 Å². The molecular formula is C12H16N6O3. The Morgan fingerprint density at radius 2 is 2.33 bits per heavy atom. The van der Waals surface area contributed by atoms with Gasteiger partial charge in [0.25, 0.3) is 0 Å². The maximum absolute atomic E-state index is 10.8. The minimum atomic E-state index is -1.06. The summed E-state index contributed by atoms with van der Waals surface area (Å²) < 4.78 is 6.73. The lowest BCUT2D eigenvalue weighted by atomic mass is 10.1. The van der Waals surface area contributed by atoms with Crippen LogP contribution in [-0.2, 0) is 13.0 Å². The zero-order chi connectivity index (χ0) is 14.8. The van der Waals surface area contributed by atoms with Gasteiger partial charge in [-0.25, -0.2) is 9.48 Å². The number of hydrogen-bond acceptors (Lipinski definition) is 7. The summed E-state index contributed by atoms with van der Waals surface area (Å²) in [5, 5.41) is 20.2. The molecule has 9 heteroatoms. The summed E-state index contributed by atoms with van der Waals surface area (Å²) in [6, 6.07) is 0.146. The maximum atomic E-state index is 10.8. The predicted octanol–water partition coefficient (Wildman–Crippen LogP) is 0.369. The summed E-state index contributed by atoms with van der Waals surface area (Å²) in [4.78, 5) is 17.2. The van der Waals surface area contributed by atoms with E-state index in [0.29, 0.717) is 18.3 Å². The van der Waals surface area contributed by atoms with Crippen LogP contribution < -0.4 is 0 Å². The Kier molecular flexibility index (Phi) is 3.65. The van der Waals surface area contributed by atoms with Gasteiger partial charge in [0.1, 0.15) is 0 Å². The van der Waals surface area contributed by atoms with Crippen molar-refractivity contribution in [1.29, 1.82) is 0 Å². The molecule has 0 radical (unpaired) electrons. The monoisotopic (exact) mass is 292 g/mol. The summed E-state index contributed by atoms with van der Waals surface area (Å²) in [5.74, 6) is 0.293. The van der Waals surface area contributed by atoms with Gasteiger partial charge in [0.2, 0.25) is 5.89 Å². The Labute approximate surface area is 120 Å². The van der Waals surface area contributed by atoms with Crippen LogP contribution in [0, 0.1) is 0 Å². The first-order valence-corrected chi connectivity index (χ1v) is 6.84. The minimum Gasteiger partial charge on any atom is -0.476 e. The predicted molar refractivity (Wildman–Crippen MR) is 69.6 cm³/mol. The van der Waals surface area contributed by atoms with Gasteiger partial charge in [-0.15, -0.1) is 5.10 Å². The number of rotatable bonds is 6. The Bertz CT molecular complexity index is 630. The van der Waals surface area contributed by atoms with E-state index in [1.54, 1.807) is 4.68 Å². The lowest BCUT2D eigenvalue weighted by molar-refractivity contribution is 0.0689. The van der Waals surface area contributed by atoms with Crippen LogP contribution in [0.5, 0.6) is 0 Å². The van der Waals surface area contributed by atoms with Crippen molar-refractivity contribution in [3.8, 4) is 0 Å². The van der Waals surface area contributed by atoms with Crippen LogP contribution in [0.25, 0.3) is 0 Å². The third-order valence-corrected chi connectivity index (χ3v) is 3.38. The molecule has 3 heterocycles. The van der Waals surface area contributed by atoms with E-state index in [2.05, 4.69) is 32.3 Å². The Morgan fingerprint density at radius 3 is 3.00 bits per heavy atom. The van der Waals surface area contributed by atoms with E-state index >= 15 is 0 Å². The van der Waals surface area contributed by atoms with Crippen LogP contribution in [-0.4, -0.2) is 54.2 Å².